The van der Waals surface area contributed by atoms with E-state index in [1.807, 2.05) is 41.5 Å². The topological polar surface area (TPSA) is 81.1 Å². The van der Waals surface area contributed by atoms with E-state index in [4.69, 9.17) is 11.6 Å². The number of fused-ring (bicyclic) bond motifs is 1. The lowest BCUT2D eigenvalue weighted by Gasteiger charge is -2.43. The summed E-state index contributed by atoms with van der Waals surface area (Å²) in [5.41, 5.74) is 11.5. The van der Waals surface area contributed by atoms with Gasteiger partial charge in [-0.2, -0.15) is 0 Å². The van der Waals surface area contributed by atoms with Gasteiger partial charge >= 0.3 is 0 Å². The molecule has 0 aliphatic carbocycles. The Balaban J connectivity index is 1.74. The maximum Gasteiger partial charge on any atom is 0.134 e. The molecule has 36 heavy (non-hydrogen) atoms. The molecule has 0 spiro atoms. The highest BCUT2D eigenvalue weighted by molar-refractivity contribution is 14.1. The smallest absolute Gasteiger partial charge is 0.134 e. The van der Waals surface area contributed by atoms with Crippen molar-refractivity contribution in [3.63, 3.8) is 0 Å². The van der Waals surface area contributed by atoms with Crippen LogP contribution in [0.1, 0.15) is 22.3 Å². The second-order valence-electron chi connectivity index (χ2n) is 8.49. The van der Waals surface area contributed by atoms with Crippen LogP contribution in [0.4, 0.5) is 5.82 Å². The fraction of sp³-hybridized carbons (Fsp3) is 0.0667. The molecule has 0 amide bonds. The van der Waals surface area contributed by atoms with Gasteiger partial charge in [0.25, 0.3) is 0 Å². The molecule has 5 aromatic rings. The third-order valence-corrected chi connectivity index (χ3v) is 7.26. The highest BCUT2D eigenvalue weighted by Gasteiger charge is 2.40. The predicted molar refractivity (Wildman–Crippen MR) is 156 cm³/mol. The van der Waals surface area contributed by atoms with Crippen molar-refractivity contribution in [2.45, 2.75) is 5.54 Å². The van der Waals surface area contributed by atoms with Crippen LogP contribution >= 0.6 is 22.6 Å². The van der Waals surface area contributed by atoms with Crippen molar-refractivity contribution in [1.29, 1.82) is 0 Å². The molecular formula is C30H26IN5. The fourth-order valence-corrected chi connectivity index (χ4v) is 5.35. The molecule has 0 atom stereocenters. The van der Waals surface area contributed by atoms with Gasteiger partial charge < -0.3 is 5.73 Å². The summed E-state index contributed by atoms with van der Waals surface area (Å²) < 4.78 is 0.749. The fourth-order valence-electron chi connectivity index (χ4n) is 4.71. The number of hydrogen-bond donors (Lipinski definition) is 2. The Bertz CT molecular complexity index is 1390. The first-order valence-corrected chi connectivity index (χ1v) is 13.1. The molecule has 0 unspecified atom stereocenters. The predicted octanol–water partition coefficient (Wildman–Crippen LogP) is 6.16. The molecule has 6 heteroatoms. The maximum absolute atomic E-state index is 7.11. The van der Waals surface area contributed by atoms with E-state index in [-0.39, 0.29) is 0 Å². The van der Waals surface area contributed by atoms with Crippen molar-refractivity contribution >= 4 is 44.9 Å². The molecule has 0 saturated heterocycles. The van der Waals surface area contributed by atoms with E-state index in [1.54, 1.807) is 0 Å². The Morgan fingerprint density at radius 1 is 0.778 bits per heavy atom. The average Bonchev–Trinajstić information content (AvgIpc) is 2.94. The number of hydrazine groups is 1. The number of nitrogen functional groups attached to an aromatic ring is 1. The molecule has 0 radical (unpaired) electrons. The Hall–Kier alpha value is -3.75. The first-order chi connectivity index (χ1) is 17.6. The van der Waals surface area contributed by atoms with Crippen LogP contribution in [-0.4, -0.2) is 19.4 Å². The number of nitrogens with zero attached hydrogens (tertiary/aromatic N) is 3. The summed E-state index contributed by atoms with van der Waals surface area (Å²) in [6, 6.07) is 37.3. The standard InChI is InChI=1S/C30H26IN5/c31-19-23(22-16-17-28-27(18-22)29(32)35-21-34-28)20-36(33)30(24-10-4-1-5-11-24,25-12-6-2-7-13-25)26-14-8-3-9-15-26/h1-18,20-21H,19,33H2,(H2,32,34,35)/b23-20+. The number of rotatable bonds is 7. The van der Waals surface area contributed by atoms with Gasteiger partial charge in [0.05, 0.1) is 5.52 Å². The SMILES string of the molecule is Nc1ncnc2ccc(/C(=C/N(N)C(c3ccccc3)(c3ccccc3)c3ccccc3)CI)cc12. The first-order valence-electron chi connectivity index (χ1n) is 11.6. The second-order valence-corrected chi connectivity index (χ2v) is 9.26. The molecule has 4 N–H and O–H groups in total. The Morgan fingerprint density at radius 3 is 1.81 bits per heavy atom. The molecular weight excluding hydrogens is 557 g/mol. The molecule has 1 heterocycles. The van der Waals surface area contributed by atoms with Gasteiger partial charge in [-0.15, -0.1) is 0 Å². The van der Waals surface area contributed by atoms with Gasteiger partial charge in [-0.05, 0) is 40.0 Å². The molecule has 0 bridgehead atoms. The van der Waals surface area contributed by atoms with Crippen LogP contribution in [0.2, 0.25) is 0 Å². The minimum absolute atomic E-state index is 0.464. The van der Waals surface area contributed by atoms with Crippen molar-refractivity contribution in [2.24, 2.45) is 5.84 Å². The van der Waals surface area contributed by atoms with Gasteiger partial charge in [0.1, 0.15) is 17.7 Å². The van der Waals surface area contributed by atoms with E-state index in [9.17, 15) is 0 Å². The number of benzene rings is 4. The van der Waals surface area contributed by atoms with E-state index < -0.39 is 5.54 Å². The minimum atomic E-state index is -0.750. The summed E-state index contributed by atoms with van der Waals surface area (Å²) in [7, 11) is 0. The van der Waals surface area contributed by atoms with E-state index in [0.717, 1.165) is 43.2 Å². The number of aromatic nitrogens is 2. The lowest BCUT2D eigenvalue weighted by Crippen LogP contribution is -2.49. The van der Waals surface area contributed by atoms with E-state index >= 15 is 0 Å². The zero-order valence-electron chi connectivity index (χ0n) is 19.6. The summed E-state index contributed by atoms with van der Waals surface area (Å²) in [5, 5.41) is 2.67. The van der Waals surface area contributed by atoms with Crippen LogP contribution in [0.15, 0.2) is 122 Å². The summed E-state index contributed by atoms with van der Waals surface area (Å²) >= 11 is 2.38. The lowest BCUT2D eigenvalue weighted by atomic mass is 9.76. The van der Waals surface area contributed by atoms with Gasteiger partial charge in [0.15, 0.2) is 0 Å². The van der Waals surface area contributed by atoms with Gasteiger partial charge in [-0.1, -0.05) is 120 Å². The van der Waals surface area contributed by atoms with Crippen molar-refractivity contribution in [1.82, 2.24) is 15.0 Å². The van der Waals surface area contributed by atoms with E-state index in [2.05, 4.69) is 111 Å². The monoisotopic (exact) mass is 583 g/mol. The molecule has 1 aromatic heterocycles. The molecule has 4 aromatic carbocycles. The Labute approximate surface area is 224 Å². The number of hydrogen-bond acceptors (Lipinski definition) is 5. The minimum Gasteiger partial charge on any atom is -0.383 e. The number of halogens is 1. The van der Waals surface area contributed by atoms with Crippen LogP contribution < -0.4 is 11.6 Å². The highest BCUT2D eigenvalue weighted by Crippen LogP contribution is 2.41. The maximum atomic E-state index is 7.11. The van der Waals surface area contributed by atoms with E-state index in [0.29, 0.717) is 5.82 Å². The molecule has 178 valence electrons. The number of anilines is 1. The van der Waals surface area contributed by atoms with Crippen LogP contribution in [0.5, 0.6) is 0 Å². The van der Waals surface area contributed by atoms with Crippen molar-refractivity contribution in [2.75, 3.05) is 10.2 Å². The normalized spacial score (nSPS) is 12.0. The quantitative estimate of drug-likeness (QED) is 0.0790. The Morgan fingerprint density at radius 2 is 1.31 bits per heavy atom. The third-order valence-electron chi connectivity index (χ3n) is 6.44. The average molecular weight is 583 g/mol. The Kier molecular flexibility index (Phi) is 6.97. The second kappa shape index (κ2) is 10.5. The lowest BCUT2D eigenvalue weighted by molar-refractivity contribution is 0.239. The first kappa shape index (κ1) is 24.0. The summed E-state index contributed by atoms with van der Waals surface area (Å²) in [4.78, 5) is 8.50. The molecule has 0 saturated carbocycles. The summed E-state index contributed by atoms with van der Waals surface area (Å²) in [5.74, 6) is 7.57. The van der Waals surface area contributed by atoms with Crippen LogP contribution in [0.25, 0.3) is 16.5 Å². The number of nitrogens with two attached hydrogens (primary N) is 2. The van der Waals surface area contributed by atoms with Gasteiger partial charge in [-0.25, -0.2) is 15.8 Å². The van der Waals surface area contributed by atoms with Gasteiger partial charge in [0.2, 0.25) is 0 Å². The van der Waals surface area contributed by atoms with E-state index in [1.165, 1.54) is 6.33 Å². The molecule has 0 fully saturated rings. The van der Waals surface area contributed by atoms with Crippen molar-refractivity contribution in [3.05, 3.63) is 144 Å². The summed E-state index contributed by atoms with van der Waals surface area (Å²) in [6.45, 7) is 0. The molecule has 5 nitrogen and oxygen atoms in total. The zero-order valence-corrected chi connectivity index (χ0v) is 21.8. The van der Waals surface area contributed by atoms with Crippen LogP contribution in [0.3, 0.4) is 0 Å². The number of allylic oxidation sites excluding steroid dienone is 1. The van der Waals surface area contributed by atoms with Crippen molar-refractivity contribution < 1.29 is 0 Å². The summed E-state index contributed by atoms with van der Waals surface area (Å²) in [6.07, 6.45) is 3.53. The van der Waals surface area contributed by atoms with Crippen LogP contribution in [0, 0.1) is 0 Å². The number of alkyl halides is 1. The van der Waals surface area contributed by atoms with Gasteiger partial charge in [0, 0.05) is 16.0 Å². The molecule has 5 rings (SSSR count). The van der Waals surface area contributed by atoms with Crippen LogP contribution in [-0.2, 0) is 5.54 Å². The largest absolute Gasteiger partial charge is 0.383 e. The molecule has 0 aliphatic rings. The molecule has 0 aliphatic heterocycles. The zero-order chi connectivity index (χ0) is 25.0. The van der Waals surface area contributed by atoms with Crippen molar-refractivity contribution in [3.8, 4) is 0 Å². The third kappa shape index (κ3) is 4.34. The van der Waals surface area contributed by atoms with Gasteiger partial charge in [-0.3, -0.25) is 5.01 Å². The highest BCUT2D eigenvalue weighted by atomic mass is 127.